The summed E-state index contributed by atoms with van der Waals surface area (Å²) in [6.07, 6.45) is 7.80. The Labute approximate surface area is 168 Å². The molecule has 5 heteroatoms. The highest BCUT2D eigenvalue weighted by atomic mass is 16.5. The average molecular weight is 390 g/mol. The Morgan fingerprint density at radius 3 is 2.68 bits per heavy atom. The van der Waals surface area contributed by atoms with Crippen molar-refractivity contribution in [2.45, 2.75) is 84.2 Å². The molecule has 4 saturated carbocycles. The van der Waals surface area contributed by atoms with Gasteiger partial charge in [0.05, 0.1) is 0 Å². The average Bonchev–Trinajstić information content (AvgIpc) is 2.90. The number of hydrogen-bond donors (Lipinski definition) is 1. The lowest BCUT2D eigenvalue weighted by Crippen LogP contribution is -2.57. The lowest BCUT2D eigenvalue weighted by atomic mass is 9.45. The van der Waals surface area contributed by atoms with E-state index >= 15 is 0 Å². The fraction of sp³-hybridized carbons (Fsp3) is 0.870. The minimum atomic E-state index is -0.446. The van der Waals surface area contributed by atoms with Crippen LogP contribution in [0.5, 0.6) is 0 Å². The monoisotopic (exact) mass is 389 g/mol. The Bertz CT molecular complexity index is 676. The predicted molar refractivity (Wildman–Crippen MR) is 105 cm³/mol. The van der Waals surface area contributed by atoms with Crippen LogP contribution in [0.3, 0.4) is 0 Å². The molecular weight excluding hydrogens is 354 g/mol. The topological polar surface area (TPSA) is 86.5 Å². The smallest absolute Gasteiger partial charge is 0.306 e. The molecule has 28 heavy (non-hydrogen) atoms. The van der Waals surface area contributed by atoms with Crippen molar-refractivity contribution >= 4 is 17.5 Å². The SMILES string of the molecule is C[C@]12CCCC[C@@H]1C(=O)C[C@@H]1[C@@H]2CC[C@]2(C)C(=O)CC(OC(=O)CCCN)[C@@H]12. The summed E-state index contributed by atoms with van der Waals surface area (Å²) in [5, 5.41) is 0. The van der Waals surface area contributed by atoms with Crippen LogP contribution >= 0.6 is 0 Å². The quantitative estimate of drug-likeness (QED) is 0.745. The molecule has 4 fully saturated rings. The largest absolute Gasteiger partial charge is 0.462 e. The van der Waals surface area contributed by atoms with Gasteiger partial charge in [0.15, 0.2) is 0 Å². The Kier molecular flexibility index (Phi) is 5.18. The first kappa shape index (κ1) is 20.1. The number of rotatable bonds is 4. The molecule has 1 unspecified atom stereocenters. The molecule has 156 valence electrons. The fourth-order valence-electron chi connectivity index (χ4n) is 7.50. The first-order chi connectivity index (χ1) is 13.3. The summed E-state index contributed by atoms with van der Waals surface area (Å²) in [7, 11) is 0. The summed E-state index contributed by atoms with van der Waals surface area (Å²) in [5.74, 6) is 1.17. The minimum absolute atomic E-state index is 0.00997. The first-order valence-corrected chi connectivity index (χ1v) is 11.3. The number of fused-ring (bicyclic) bond motifs is 5. The molecule has 0 aliphatic heterocycles. The van der Waals surface area contributed by atoms with Gasteiger partial charge in [-0.2, -0.15) is 0 Å². The van der Waals surface area contributed by atoms with Crippen LogP contribution in [0.4, 0.5) is 0 Å². The molecule has 2 N–H and O–H groups in total. The van der Waals surface area contributed by atoms with Gasteiger partial charge < -0.3 is 10.5 Å². The molecule has 0 bridgehead atoms. The van der Waals surface area contributed by atoms with Crippen molar-refractivity contribution in [1.29, 1.82) is 0 Å². The van der Waals surface area contributed by atoms with Crippen LogP contribution in [0, 0.1) is 34.5 Å². The second-order valence-electron chi connectivity index (χ2n) is 10.3. The summed E-state index contributed by atoms with van der Waals surface area (Å²) in [5.41, 5.74) is 5.12. The number of ether oxygens (including phenoxy) is 1. The number of Topliss-reactive ketones (excluding diaryl/α,β-unsaturated/α-hetero) is 2. The van der Waals surface area contributed by atoms with Crippen molar-refractivity contribution in [1.82, 2.24) is 0 Å². The van der Waals surface area contributed by atoms with Gasteiger partial charge in [-0.1, -0.05) is 26.7 Å². The number of ketones is 2. The number of nitrogens with two attached hydrogens (primary N) is 1. The minimum Gasteiger partial charge on any atom is -0.462 e. The molecule has 0 saturated heterocycles. The third kappa shape index (κ3) is 2.96. The van der Waals surface area contributed by atoms with Crippen LogP contribution in [-0.4, -0.2) is 30.2 Å². The second kappa shape index (κ2) is 7.23. The summed E-state index contributed by atoms with van der Waals surface area (Å²) >= 11 is 0. The van der Waals surface area contributed by atoms with Crippen molar-refractivity contribution in [2.75, 3.05) is 6.54 Å². The maximum atomic E-state index is 13.1. The van der Waals surface area contributed by atoms with Gasteiger partial charge in [0.1, 0.15) is 17.7 Å². The molecule has 0 aromatic carbocycles. The van der Waals surface area contributed by atoms with Crippen molar-refractivity contribution in [3.8, 4) is 0 Å². The Hall–Kier alpha value is -1.23. The third-order valence-corrected chi connectivity index (χ3v) is 8.91. The number of esters is 1. The van der Waals surface area contributed by atoms with Crippen molar-refractivity contribution in [2.24, 2.45) is 40.2 Å². The van der Waals surface area contributed by atoms with Gasteiger partial charge in [0, 0.05) is 36.5 Å². The van der Waals surface area contributed by atoms with Crippen molar-refractivity contribution in [3.05, 3.63) is 0 Å². The van der Waals surface area contributed by atoms with Gasteiger partial charge in [-0.15, -0.1) is 0 Å². The Morgan fingerprint density at radius 1 is 1.14 bits per heavy atom. The molecule has 0 amide bonds. The van der Waals surface area contributed by atoms with Gasteiger partial charge in [-0.25, -0.2) is 0 Å². The van der Waals surface area contributed by atoms with Gasteiger partial charge in [-0.05, 0) is 55.9 Å². The molecule has 0 aromatic rings. The van der Waals surface area contributed by atoms with Crippen LogP contribution < -0.4 is 5.73 Å². The highest BCUT2D eigenvalue weighted by molar-refractivity contribution is 5.89. The second-order valence-corrected chi connectivity index (χ2v) is 10.3. The third-order valence-electron chi connectivity index (χ3n) is 8.91. The maximum Gasteiger partial charge on any atom is 0.306 e. The van der Waals surface area contributed by atoms with Crippen LogP contribution in [0.2, 0.25) is 0 Å². The lowest BCUT2D eigenvalue weighted by molar-refractivity contribution is -0.168. The van der Waals surface area contributed by atoms with E-state index in [9.17, 15) is 14.4 Å². The van der Waals surface area contributed by atoms with E-state index in [1.807, 2.05) is 0 Å². The van der Waals surface area contributed by atoms with Gasteiger partial charge in [-0.3, -0.25) is 14.4 Å². The van der Waals surface area contributed by atoms with E-state index in [-0.39, 0.29) is 41.0 Å². The standard InChI is InChI=1S/C23H35NO4/c1-22-9-4-3-6-16(22)17(25)12-14-15(22)8-10-23(2)19(26)13-18(21(14)23)28-20(27)7-5-11-24/h14-16,18,21H,3-13,24H2,1-2H3/t14-,15+,16-,18?,21-,22-,23-/m1/s1. The molecule has 4 rings (SSSR count). The van der Waals surface area contributed by atoms with Crippen LogP contribution in [0.1, 0.15) is 78.1 Å². The number of hydrogen-bond acceptors (Lipinski definition) is 5. The van der Waals surface area contributed by atoms with E-state index in [0.717, 1.165) is 32.1 Å². The highest BCUT2D eigenvalue weighted by Crippen LogP contribution is 2.65. The van der Waals surface area contributed by atoms with Crippen LogP contribution in [-0.2, 0) is 19.1 Å². The van der Waals surface area contributed by atoms with E-state index in [2.05, 4.69) is 13.8 Å². The maximum absolute atomic E-state index is 13.1. The van der Waals surface area contributed by atoms with Crippen molar-refractivity contribution in [3.63, 3.8) is 0 Å². The zero-order chi connectivity index (χ0) is 20.1. The highest BCUT2D eigenvalue weighted by Gasteiger charge is 2.65. The number of carbonyl (C=O) groups excluding carboxylic acids is 3. The molecule has 4 aliphatic carbocycles. The van der Waals surface area contributed by atoms with Crippen molar-refractivity contribution < 1.29 is 19.1 Å². The summed E-state index contributed by atoms with van der Waals surface area (Å²) < 4.78 is 5.85. The zero-order valence-corrected chi connectivity index (χ0v) is 17.4. The molecule has 0 heterocycles. The molecule has 5 nitrogen and oxygen atoms in total. The summed E-state index contributed by atoms with van der Waals surface area (Å²) in [6, 6.07) is 0. The zero-order valence-electron chi connectivity index (χ0n) is 17.4. The number of carbonyl (C=O) groups is 3. The van der Waals surface area contributed by atoms with Gasteiger partial charge >= 0.3 is 5.97 Å². The van der Waals surface area contributed by atoms with E-state index in [1.54, 1.807) is 0 Å². The van der Waals surface area contributed by atoms with Gasteiger partial charge in [0.2, 0.25) is 0 Å². The van der Waals surface area contributed by atoms with Crippen LogP contribution in [0.15, 0.2) is 0 Å². The van der Waals surface area contributed by atoms with Crippen LogP contribution in [0.25, 0.3) is 0 Å². The molecule has 0 aromatic heterocycles. The van der Waals surface area contributed by atoms with Gasteiger partial charge in [0.25, 0.3) is 0 Å². The summed E-state index contributed by atoms with van der Waals surface area (Å²) in [6.45, 7) is 4.84. The first-order valence-electron chi connectivity index (χ1n) is 11.3. The fourth-order valence-corrected chi connectivity index (χ4v) is 7.50. The molecule has 0 radical (unpaired) electrons. The molecule has 4 aliphatic rings. The normalized spacial score (nSPS) is 45.2. The van der Waals surface area contributed by atoms with E-state index in [0.29, 0.717) is 43.9 Å². The Morgan fingerprint density at radius 2 is 1.93 bits per heavy atom. The molecule has 0 spiro atoms. The molecule has 7 atom stereocenters. The predicted octanol–water partition coefficient (Wildman–Crippen LogP) is 3.43. The Balaban J connectivity index is 1.62. The van der Waals surface area contributed by atoms with E-state index < -0.39 is 5.41 Å². The van der Waals surface area contributed by atoms with E-state index in [1.165, 1.54) is 6.42 Å². The summed E-state index contributed by atoms with van der Waals surface area (Å²) in [4.78, 5) is 38.4. The van der Waals surface area contributed by atoms with E-state index in [4.69, 9.17) is 10.5 Å². The lowest BCUT2D eigenvalue weighted by Gasteiger charge is -2.59. The molecular formula is C23H35NO4.